The first-order chi connectivity index (χ1) is 40.0. The average molecular weight is 1140 g/mol. The third kappa shape index (κ3) is 68.6. The number of hydrogen-bond donors (Lipinski definition) is 0. The molecule has 0 aromatic heterocycles. The maximum absolute atomic E-state index is 13.0. The van der Waals surface area contributed by atoms with E-state index in [4.69, 9.17) is 14.2 Å². The van der Waals surface area contributed by atoms with Gasteiger partial charge in [-0.2, -0.15) is 0 Å². The van der Waals surface area contributed by atoms with Crippen molar-refractivity contribution in [3.63, 3.8) is 0 Å². The molecular formula is C75H142O6. The molecule has 0 bridgehead atoms. The highest BCUT2D eigenvalue weighted by molar-refractivity contribution is 5.71. The quantitative estimate of drug-likeness (QED) is 0.0261. The molecule has 0 aliphatic heterocycles. The van der Waals surface area contributed by atoms with E-state index < -0.39 is 6.10 Å². The number of allylic oxidation sites excluding steroid dienone is 4. The Morgan fingerprint density at radius 2 is 0.444 bits per heavy atom. The third-order valence-electron chi connectivity index (χ3n) is 17.0. The molecule has 0 heterocycles. The maximum atomic E-state index is 13.0. The molecule has 0 aliphatic rings. The molecular weight excluding hydrogens is 997 g/mol. The molecule has 6 nitrogen and oxygen atoms in total. The van der Waals surface area contributed by atoms with Crippen LogP contribution in [0.5, 0.6) is 0 Å². The van der Waals surface area contributed by atoms with Gasteiger partial charge in [0.1, 0.15) is 13.2 Å². The first kappa shape index (κ1) is 78.9. The Morgan fingerprint density at radius 1 is 0.247 bits per heavy atom. The van der Waals surface area contributed by atoms with E-state index >= 15 is 0 Å². The predicted octanol–water partition coefficient (Wildman–Crippen LogP) is 25.3. The van der Waals surface area contributed by atoms with E-state index in [9.17, 15) is 14.4 Å². The molecule has 0 amide bonds. The first-order valence-electron chi connectivity index (χ1n) is 36.8. The summed E-state index contributed by atoms with van der Waals surface area (Å²) in [6, 6.07) is 0. The van der Waals surface area contributed by atoms with Crippen LogP contribution in [0.2, 0.25) is 0 Å². The molecule has 1 unspecified atom stereocenters. The lowest BCUT2D eigenvalue weighted by atomic mass is 10.0. The highest BCUT2D eigenvalue weighted by Gasteiger charge is 2.20. The van der Waals surface area contributed by atoms with E-state index in [2.05, 4.69) is 45.1 Å². The fourth-order valence-corrected chi connectivity index (χ4v) is 11.4. The van der Waals surface area contributed by atoms with Crippen molar-refractivity contribution in [1.29, 1.82) is 0 Å². The summed E-state index contributed by atoms with van der Waals surface area (Å²) in [7, 11) is 0. The van der Waals surface area contributed by atoms with Crippen molar-refractivity contribution < 1.29 is 28.6 Å². The van der Waals surface area contributed by atoms with E-state index in [1.807, 2.05) is 0 Å². The van der Waals surface area contributed by atoms with Gasteiger partial charge in [-0.3, -0.25) is 14.4 Å². The van der Waals surface area contributed by atoms with Gasteiger partial charge >= 0.3 is 17.9 Å². The van der Waals surface area contributed by atoms with Gasteiger partial charge in [0, 0.05) is 19.3 Å². The minimum atomic E-state index is -0.767. The monoisotopic (exact) mass is 1140 g/mol. The predicted molar refractivity (Wildman–Crippen MR) is 353 cm³/mol. The number of carbonyl (C=O) groups excluding carboxylic acids is 3. The lowest BCUT2D eigenvalue weighted by Gasteiger charge is -2.18. The van der Waals surface area contributed by atoms with Crippen LogP contribution in [0.3, 0.4) is 0 Å². The van der Waals surface area contributed by atoms with E-state index in [0.29, 0.717) is 19.3 Å². The first-order valence-corrected chi connectivity index (χ1v) is 36.8. The highest BCUT2D eigenvalue weighted by atomic mass is 16.6. The van der Waals surface area contributed by atoms with Crippen molar-refractivity contribution in [1.82, 2.24) is 0 Å². The molecule has 1 atom stereocenters. The molecule has 0 saturated carbocycles. The van der Waals surface area contributed by atoms with Crippen molar-refractivity contribution in [3.8, 4) is 0 Å². The maximum Gasteiger partial charge on any atom is 0.306 e. The molecule has 0 rings (SSSR count). The fraction of sp³-hybridized carbons (Fsp3) is 0.907. The van der Waals surface area contributed by atoms with Crippen LogP contribution < -0.4 is 0 Å². The van der Waals surface area contributed by atoms with Crippen LogP contribution in [-0.2, 0) is 28.6 Å². The zero-order valence-electron chi connectivity index (χ0n) is 55.1. The summed E-state index contributed by atoms with van der Waals surface area (Å²) < 4.78 is 17.0. The number of unbranched alkanes of at least 4 members (excludes halogenated alkanes) is 54. The molecule has 81 heavy (non-hydrogen) atoms. The molecule has 478 valence electrons. The molecule has 0 aromatic rings. The summed E-state index contributed by atoms with van der Waals surface area (Å²) in [5, 5.41) is 0. The minimum Gasteiger partial charge on any atom is -0.462 e. The van der Waals surface area contributed by atoms with Gasteiger partial charge in [-0.15, -0.1) is 0 Å². The lowest BCUT2D eigenvalue weighted by Crippen LogP contribution is -2.30. The molecule has 0 radical (unpaired) electrons. The van der Waals surface area contributed by atoms with Crippen molar-refractivity contribution in [2.75, 3.05) is 13.2 Å². The van der Waals surface area contributed by atoms with Gasteiger partial charge in [0.2, 0.25) is 0 Å². The molecule has 0 fully saturated rings. The number of rotatable bonds is 69. The Labute approximate surface area is 506 Å². The van der Waals surface area contributed by atoms with Crippen LogP contribution in [-0.4, -0.2) is 37.2 Å². The van der Waals surface area contributed by atoms with Gasteiger partial charge in [0.15, 0.2) is 6.10 Å². The normalized spacial score (nSPS) is 12.1. The summed E-state index contributed by atoms with van der Waals surface area (Å²) in [5.74, 6) is -0.827. The van der Waals surface area contributed by atoms with Gasteiger partial charge in [-0.05, 0) is 51.4 Å². The number of hydrogen-bond acceptors (Lipinski definition) is 6. The van der Waals surface area contributed by atoms with E-state index in [0.717, 1.165) is 64.2 Å². The second-order valence-electron chi connectivity index (χ2n) is 25.2. The van der Waals surface area contributed by atoms with Crippen molar-refractivity contribution in [2.45, 2.75) is 425 Å². The van der Waals surface area contributed by atoms with Crippen LogP contribution in [0.1, 0.15) is 419 Å². The number of carbonyl (C=O) groups is 3. The zero-order valence-corrected chi connectivity index (χ0v) is 55.1. The van der Waals surface area contributed by atoms with Crippen LogP contribution in [0, 0.1) is 0 Å². The molecule has 0 N–H and O–H groups in total. The van der Waals surface area contributed by atoms with E-state index in [1.54, 1.807) is 0 Å². The van der Waals surface area contributed by atoms with Gasteiger partial charge in [0.05, 0.1) is 0 Å². The second-order valence-corrected chi connectivity index (χ2v) is 25.2. The smallest absolute Gasteiger partial charge is 0.306 e. The molecule has 0 saturated heterocycles. The lowest BCUT2D eigenvalue weighted by molar-refractivity contribution is -0.167. The average Bonchev–Trinajstić information content (AvgIpc) is 3.47. The molecule has 6 heteroatoms. The summed E-state index contributed by atoms with van der Waals surface area (Å²) in [6.45, 7) is 6.72. The van der Waals surface area contributed by atoms with Crippen molar-refractivity contribution in [2.24, 2.45) is 0 Å². The molecule has 0 spiro atoms. The fourth-order valence-electron chi connectivity index (χ4n) is 11.4. The summed E-state index contributed by atoms with van der Waals surface area (Å²) >= 11 is 0. The third-order valence-corrected chi connectivity index (χ3v) is 17.0. The summed E-state index contributed by atoms with van der Waals surface area (Å²) in [4.78, 5) is 38.5. The Morgan fingerprint density at radius 3 is 0.679 bits per heavy atom. The molecule has 0 aliphatic carbocycles. The van der Waals surface area contributed by atoms with E-state index in [-0.39, 0.29) is 31.1 Å². The van der Waals surface area contributed by atoms with Gasteiger partial charge in [0.25, 0.3) is 0 Å². The van der Waals surface area contributed by atoms with Crippen LogP contribution in [0.4, 0.5) is 0 Å². The van der Waals surface area contributed by atoms with Gasteiger partial charge in [-0.1, -0.05) is 373 Å². The van der Waals surface area contributed by atoms with Gasteiger partial charge in [-0.25, -0.2) is 0 Å². The molecule has 0 aromatic carbocycles. The zero-order chi connectivity index (χ0) is 58.5. The summed E-state index contributed by atoms with van der Waals surface area (Å²) in [5.41, 5.74) is 0. The van der Waals surface area contributed by atoms with Crippen LogP contribution >= 0.6 is 0 Å². The summed E-state index contributed by atoms with van der Waals surface area (Å²) in [6.07, 6.45) is 86.4. The van der Waals surface area contributed by atoms with Crippen LogP contribution in [0.15, 0.2) is 24.3 Å². The van der Waals surface area contributed by atoms with Crippen LogP contribution in [0.25, 0.3) is 0 Å². The van der Waals surface area contributed by atoms with Gasteiger partial charge < -0.3 is 14.2 Å². The SMILES string of the molecule is CCCCCCC/C=C\C/C=C\CCCCCCCCCCCCCCCCCC(=O)OCC(COC(=O)CCCCCCCCCCCCCCCC)OC(=O)CCCCCCCCCCCCCCCCCCCCCCCC. The Kier molecular flexibility index (Phi) is 68.5. The highest BCUT2D eigenvalue weighted by Crippen LogP contribution is 2.19. The Balaban J connectivity index is 4.21. The van der Waals surface area contributed by atoms with Crippen molar-refractivity contribution >= 4 is 17.9 Å². The standard InChI is InChI=1S/C75H142O6/c1-4-7-10-13-16-19-22-25-28-30-32-34-36-37-38-39-40-42-43-45-47-50-53-56-59-62-65-68-74(77)80-71-72(70-79-73(76)67-64-61-58-55-52-49-27-24-21-18-15-12-9-6-3)81-75(78)69-66-63-60-57-54-51-48-46-44-41-35-33-31-29-26-23-20-17-14-11-8-5-2/h22,25,30,32,72H,4-21,23-24,26-29,31,33-71H2,1-3H3/b25-22-,32-30-. The Bertz CT molecular complexity index is 1310. The second kappa shape index (κ2) is 70.4. The van der Waals surface area contributed by atoms with E-state index in [1.165, 1.54) is 315 Å². The largest absolute Gasteiger partial charge is 0.462 e. The van der Waals surface area contributed by atoms with Crippen molar-refractivity contribution in [3.05, 3.63) is 24.3 Å². The number of ether oxygens (including phenoxy) is 3. The minimum absolute atomic E-state index is 0.0634. The number of esters is 3. The Hall–Kier alpha value is -2.11. The topological polar surface area (TPSA) is 78.9 Å².